The van der Waals surface area contributed by atoms with E-state index in [9.17, 15) is 14.7 Å². The average molecular weight is 305 g/mol. The molecule has 6 nitrogen and oxygen atoms in total. The van der Waals surface area contributed by atoms with Gasteiger partial charge >= 0.3 is 5.97 Å². The molecule has 0 bridgehead atoms. The Kier molecular flexibility index (Phi) is 5.04. The third-order valence-electron chi connectivity index (χ3n) is 3.20. The Labute approximate surface area is 128 Å². The first kappa shape index (κ1) is 15.9. The van der Waals surface area contributed by atoms with Gasteiger partial charge in [-0.3, -0.25) is 4.79 Å². The summed E-state index contributed by atoms with van der Waals surface area (Å²) in [7, 11) is 1.44. The first-order chi connectivity index (χ1) is 10.5. The molecule has 0 spiro atoms. The fourth-order valence-electron chi connectivity index (χ4n) is 1.78. The molecule has 0 radical (unpaired) electrons. The lowest BCUT2D eigenvalue weighted by Crippen LogP contribution is -2.36. The Bertz CT molecular complexity index is 592. The molecule has 1 amide bonds. The van der Waals surface area contributed by atoms with Gasteiger partial charge in [-0.15, -0.1) is 0 Å². The summed E-state index contributed by atoms with van der Waals surface area (Å²) in [4.78, 5) is 23.4. The second-order valence-corrected chi connectivity index (χ2v) is 5.13. The van der Waals surface area contributed by atoms with Crippen LogP contribution in [-0.2, 0) is 14.3 Å². The normalized spacial score (nSPS) is 15.4. The lowest BCUT2D eigenvalue weighted by Gasteiger charge is -2.11. The second kappa shape index (κ2) is 6.98. The zero-order valence-electron chi connectivity index (χ0n) is 12.5. The van der Waals surface area contributed by atoms with Crippen LogP contribution in [0.1, 0.15) is 25.3 Å². The van der Waals surface area contributed by atoms with E-state index in [1.165, 1.54) is 32.3 Å². The highest BCUT2D eigenvalue weighted by molar-refractivity contribution is 5.90. The Morgan fingerprint density at radius 1 is 1.41 bits per heavy atom. The second-order valence-electron chi connectivity index (χ2n) is 5.13. The van der Waals surface area contributed by atoms with E-state index < -0.39 is 12.1 Å². The van der Waals surface area contributed by atoms with E-state index in [0.717, 1.165) is 12.8 Å². The largest absolute Gasteiger partial charge is 0.504 e. The van der Waals surface area contributed by atoms with Crippen LogP contribution >= 0.6 is 0 Å². The first-order valence-electron chi connectivity index (χ1n) is 7.05. The van der Waals surface area contributed by atoms with Gasteiger partial charge in [0.15, 0.2) is 17.6 Å². The Balaban J connectivity index is 1.88. The lowest BCUT2D eigenvalue weighted by molar-refractivity contribution is -0.150. The van der Waals surface area contributed by atoms with Gasteiger partial charge < -0.3 is 19.9 Å². The highest BCUT2D eigenvalue weighted by Crippen LogP contribution is 2.26. The number of hydrogen-bond acceptors (Lipinski definition) is 5. The summed E-state index contributed by atoms with van der Waals surface area (Å²) in [6.45, 7) is 1.53. The van der Waals surface area contributed by atoms with E-state index >= 15 is 0 Å². The summed E-state index contributed by atoms with van der Waals surface area (Å²) in [6.07, 6.45) is 3.89. The predicted octanol–water partition coefficient (Wildman–Crippen LogP) is 1.62. The number of phenols is 1. The minimum absolute atomic E-state index is 0.0209. The standard InChI is InChI=1S/C16H19NO5/c1-10(16(20)17-12-5-6-12)22-15(19)8-4-11-3-7-13(18)14(9-11)21-2/h3-4,7-10,12,18H,5-6H2,1-2H3,(H,17,20)/b8-4+/t10-/m0/s1. The number of carbonyl (C=O) groups excluding carboxylic acids is 2. The van der Waals surface area contributed by atoms with E-state index in [1.807, 2.05) is 0 Å². The van der Waals surface area contributed by atoms with E-state index in [1.54, 1.807) is 12.1 Å². The van der Waals surface area contributed by atoms with E-state index in [0.29, 0.717) is 11.3 Å². The summed E-state index contributed by atoms with van der Waals surface area (Å²) in [5.74, 6) is -0.554. The van der Waals surface area contributed by atoms with Gasteiger partial charge in [-0.25, -0.2) is 4.79 Å². The Morgan fingerprint density at radius 3 is 2.77 bits per heavy atom. The van der Waals surface area contributed by atoms with Crippen molar-refractivity contribution in [3.63, 3.8) is 0 Å². The predicted molar refractivity (Wildman–Crippen MR) is 80.4 cm³/mol. The molecule has 0 aromatic heterocycles. The van der Waals surface area contributed by atoms with Crippen LogP contribution in [0, 0.1) is 0 Å². The summed E-state index contributed by atoms with van der Waals surface area (Å²) in [5, 5.41) is 12.3. The van der Waals surface area contributed by atoms with Crippen LogP contribution in [0.25, 0.3) is 6.08 Å². The van der Waals surface area contributed by atoms with Gasteiger partial charge in [0.05, 0.1) is 7.11 Å². The molecule has 118 valence electrons. The SMILES string of the molecule is COc1cc(/C=C/C(=O)O[C@@H](C)C(=O)NC2CC2)ccc1O. The molecule has 0 heterocycles. The van der Waals surface area contributed by atoms with Crippen molar-refractivity contribution in [2.24, 2.45) is 0 Å². The molecule has 1 aliphatic carbocycles. The summed E-state index contributed by atoms with van der Waals surface area (Å²) in [5.41, 5.74) is 0.668. The first-order valence-corrected chi connectivity index (χ1v) is 7.05. The fourth-order valence-corrected chi connectivity index (χ4v) is 1.78. The third kappa shape index (κ3) is 4.51. The number of amides is 1. The van der Waals surface area contributed by atoms with Crippen molar-refractivity contribution >= 4 is 18.0 Å². The van der Waals surface area contributed by atoms with E-state index in [2.05, 4.69) is 5.32 Å². The van der Waals surface area contributed by atoms with Crippen LogP contribution < -0.4 is 10.1 Å². The zero-order valence-corrected chi connectivity index (χ0v) is 12.5. The molecule has 1 aromatic carbocycles. The molecule has 2 N–H and O–H groups in total. The molecule has 0 saturated heterocycles. The van der Waals surface area contributed by atoms with Gasteiger partial charge in [0.25, 0.3) is 5.91 Å². The Hall–Kier alpha value is -2.50. The van der Waals surface area contributed by atoms with Crippen LogP contribution in [0.5, 0.6) is 11.5 Å². The van der Waals surface area contributed by atoms with E-state index in [4.69, 9.17) is 9.47 Å². The zero-order chi connectivity index (χ0) is 16.1. The van der Waals surface area contributed by atoms with Crippen molar-refractivity contribution in [3.8, 4) is 11.5 Å². The molecular formula is C16H19NO5. The van der Waals surface area contributed by atoms with Gasteiger partial charge in [0, 0.05) is 12.1 Å². The van der Waals surface area contributed by atoms with Crippen LogP contribution in [-0.4, -0.2) is 36.2 Å². The molecule has 0 unspecified atom stereocenters. The highest BCUT2D eigenvalue weighted by Gasteiger charge is 2.26. The number of phenolic OH excluding ortho intramolecular Hbond substituents is 1. The van der Waals surface area contributed by atoms with Crippen LogP contribution in [0.3, 0.4) is 0 Å². The number of aromatic hydroxyl groups is 1. The topological polar surface area (TPSA) is 84.9 Å². The number of benzene rings is 1. The molecule has 1 aromatic rings. The van der Waals surface area contributed by atoms with Crippen molar-refractivity contribution in [3.05, 3.63) is 29.8 Å². The van der Waals surface area contributed by atoms with Gasteiger partial charge in [0.1, 0.15) is 0 Å². The molecule has 2 rings (SSSR count). The smallest absolute Gasteiger partial charge is 0.331 e. The summed E-state index contributed by atoms with van der Waals surface area (Å²) >= 11 is 0. The maximum Gasteiger partial charge on any atom is 0.331 e. The molecule has 6 heteroatoms. The van der Waals surface area contributed by atoms with Crippen LogP contribution in [0.15, 0.2) is 24.3 Å². The highest BCUT2D eigenvalue weighted by atomic mass is 16.5. The number of methoxy groups -OCH3 is 1. The van der Waals surface area contributed by atoms with Crippen molar-refractivity contribution in [2.45, 2.75) is 31.9 Å². The number of esters is 1. The van der Waals surface area contributed by atoms with Crippen molar-refractivity contribution < 1.29 is 24.2 Å². The van der Waals surface area contributed by atoms with E-state index in [-0.39, 0.29) is 17.7 Å². The monoisotopic (exact) mass is 305 g/mol. The number of hydrogen-bond donors (Lipinski definition) is 2. The minimum Gasteiger partial charge on any atom is -0.504 e. The maximum atomic E-state index is 11.7. The minimum atomic E-state index is -0.827. The maximum absolute atomic E-state index is 11.7. The molecule has 1 fully saturated rings. The number of nitrogens with one attached hydrogen (secondary N) is 1. The van der Waals surface area contributed by atoms with Gasteiger partial charge in [-0.1, -0.05) is 6.07 Å². The summed E-state index contributed by atoms with van der Waals surface area (Å²) in [6, 6.07) is 4.91. The molecular weight excluding hydrogens is 286 g/mol. The van der Waals surface area contributed by atoms with Gasteiger partial charge in [-0.05, 0) is 43.5 Å². The lowest BCUT2D eigenvalue weighted by atomic mass is 10.2. The molecule has 1 atom stereocenters. The number of ether oxygens (including phenoxy) is 2. The van der Waals surface area contributed by atoms with Crippen molar-refractivity contribution in [1.29, 1.82) is 0 Å². The molecule has 0 aliphatic heterocycles. The van der Waals surface area contributed by atoms with Crippen molar-refractivity contribution in [2.75, 3.05) is 7.11 Å². The van der Waals surface area contributed by atoms with Crippen LogP contribution in [0.2, 0.25) is 0 Å². The van der Waals surface area contributed by atoms with Gasteiger partial charge in [0.2, 0.25) is 0 Å². The molecule has 22 heavy (non-hydrogen) atoms. The Morgan fingerprint density at radius 2 is 2.14 bits per heavy atom. The average Bonchev–Trinajstić information content (AvgIpc) is 3.30. The van der Waals surface area contributed by atoms with Crippen LogP contribution in [0.4, 0.5) is 0 Å². The summed E-state index contributed by atoms with van der Waals surface area (Å²) < 4.78 is 10.0. The van der Waals surface area contributed by atoms with Crippen molar-refractivity contribution in [1.82, 2.24) is 5.32 Å². The van der Waals surface area contributed by atoms with Gasteiger partial charge in [-0.2, -0.15) is 0 Å². The molecule has 1 aliphatic rings. The quantitative estimate of drug-likeness (QED) is 0.616. The number of carbonyl (C=O) groups is 2. The fraction of sp³-hybridized carbons (Fsp3) is 0.375. The number of rotatable bonds is 6. The molecule has 1 saturated carbocycles. The third-order valence-corrected chi connectivity index (χ3v) is 3.20.